The third kappa shape index (κ3) is 6.05. The van der Waals surface area contributed by atoms with Crippen molar-refractivity contribution < 1.29 is 14.0 Å². The highest BCUT2D eigenvalue weighted by atomic mass is 19.1. The lowest BCUT2D eigenvalue weighted by atomic mass is 10.1. The third-order valence-corrected chi connectivity index (χ3v) is 3.55. The maximum absolute atomic E-state index is 13.1. The molecule has 26 heavy (non-hydrogen) atoms. The second-order valence-corrected chi connectivity index (χ2v) is 5.64. The standard InChI is InChI=1S/C20H22FN3O2/c1-2-3-12-18(15-8-5-4-6-9-15)23-24-19(25)14-22-20(26)16-10-7-11-17(21)13-16/h4-13,23H,2-3,14H2,1H3,(H,22,26)(H,24,25). The number of hydrogen-bond donors (Lipinski definition) is 3. The van der Waals surface area contributed by atoms with Gasteiger partial charge in [-0.05, 0) is 30.2 Å². The van der Waals surface area contributed by atoms with Crippen LogP contribution in [0.3, 0.4) is 0 Å². The highest BCUT2D eigenvalue weighted by Gasteiger charge is 2.09. The summed E-state index contributed by atoms with van der Waals surface area (Å²) < 4.78 is 13.1. The molecule has 0 radical (unpaired) electrons. The summed E-state index contributed by atoms with van der Waals surface area (Å²) in [5, 5.41) is 2.46. The molecule has 2 aromatic rings. The van der Waals surface area contributed by atoms with E-state index >= 15 is 0 Å². The summed E-state index contributed by atoms with van der Waals surface area (Å²) in [5.41, 5.74) is 7.36. The zero-order valence-electron chi connectivity index (χ0n) is 14.6. The second kappa shape index (κ2) is 9.98. The Morgan fingerprint density at radius 1 is 1.00 bits per heavy atom. The smallest absolute Gasteiger partial charge is 0.257 e. The van der Waals surface area contributed by atoms with Crippen molar-refractivity contribution in [1.29, 1.82) is 0 Å². The first-order valence-corrected chi connectivity index (χ1v) is 8.44. The number of allylic oxidation sites excluding steroid dienone is 1. The minimum Gasteiger partial charge on any atom is -0.343 e. The number of benzene rings is 2. The van der Waals surface area contributed by atoms with Gasteiger partial charge in [0.15, 0.2) is 0 Å². The molecular formula is C20H22FN3O2. The van der Waals surface area contributed by atoms with E-state index < -0.39 is 17.6 Å². The van der Waals surface area contributed by atoms with Crippen LogP contribution in [0.2, 0.25) is 0 Å². The molecule has 0 aliphatic carbocycles. The molecule has 0 saturated carbocycles. The molecule has 136 valence electrons. The van der Waals surface area contributed by atoms with Gasteiger partial charge in [0.1, 0.15) is 5.82 Å². The number of hydrazine groups is 1. The zero-order chi connectivity index (χ0) is 18.8. The summed E-state index contributed by atoms with van der Waals surface area (Å²) >= 11 is 0. The SMILES string of the molecule is CCCC=C(NNC(=O)CNC(=O)c1cccc(F)c1)c1ccccc1. The minimum atomic E-state index is -0.510. The van der Waals surface area contributed by atoms with E-state index in [2.05, 4.69) is 23.1 Å². The molecule has 0 bridgehead atoms. The molecule has 0 unspecified atom stereocenters. The Labute approximate surface area is 152 Å². The van der Waals surface area contributed by atoms with Gasteiger partial charge in [-0.3, -0.25) is 20.4 Å². The van der Waals surface area contributed by atoms with Crippen molar-refractivity contribution in [3.63, 3.8) is 0 Å². The molecule has 0 aromatic heterocycles. The molecule has 0 fully saturated rings. The topological polar surface area (TPSA) is 70.2 Å². The summed E-state index contributed by atoms with van der Waals surface area (Å²) in [4.78, 5) is 23.9. The lowest BCUT2D eigenvalue weighted by molar-refractivity contribution is -0.120. The van der Waals surface area contributed by atoms with E-state index in [1.165, 1.54) is 18.2 Å². The van der Waals surface area contributed by atoms with Crippen molar-refractivity contribution in [1.82, 2.24) is 16.2 Å². The molecule has 0 atom stereocenters. The number of unbranched alkanes of at least 4 members (excludes halogenated alkanes) is 1. The number of nitrogens with one attached hydrogen (secondary N) is 3. The highest BCUT2D eigenvalue weighted by molar-refractivity contribution is 5.96. The number of rotatable bonds is 8. The van der Waals surface area contributed by atoms with Crippen LogP contribution in [0.1, 0.15) is 35.7 Å². The van der Waals surface area contributed by atoms with Crippen LogP contribution < -0.4 is 16.2 Å². The summed E-state index contributed by atoms with van der Waals surface area (Å²) in [6.07, 6.45) is 3.85. The van der Waals surface area contributed by atoms with Crippen molar-refractivity contribution in [2.24, 2.45) is 0 Å². The molecule has 0 saturated heterocycles. The van der Waals surface area contributed by atoms with Gasteiger partial charge in [0, 0.05) is 5.56 Å². The van der Waals surface area contributed by atoms with Gasteiger partial charge in [0.2, 0.25) is 0 Å². The molecule has 0 aliphatic heterocycles. The number of amides is 2. The first-order chi connectivity index (χ1) is 12.6. The summed E-state index contributed by atoms with van der Waals surface area (Å²) in [5.74, 6) is -1.42. The Bertz CT molecular complexity index is 776. The molecule has 3 N–H and O–H groups in total. The van der Waals surface area contributed by atoms with E-state index in [1.54, 1.807) is 0 Å². The van der Waals surface area contributed by atoms with Crippen LogP contribution in [-0.4, -0.2) is 18.4 Å². The summed E-state index contributed by atoms with van der Waals surface area (Å²) in [7, 11) is 0. The normalized spacial score (nSPS) is 10.9. The first-order valence-electron chi connectivity index (χ1n) is 8.44. The molecule has 5 nitrogen and oxygen atoms in total. The van der Waals surface area contributed by atoms with Gasteiger partial charge in [-0.2, -0.15) is 0 Å². The largest absolute Gasteiger partial charge is 0.343 e. The van der Waals surface area contributed by atoms with Crippen LogP contribution in [0.25, 0.3) is 5.70 Å². The van der Waals surface area contributed by atoms with E-state index in [9.17, 15) is 14.0 Å². The zero-order valence-corrected chi connectivity index (χ0v) is 14.6. The maximum atomic E-state index is 13.1. The summed E-state index contributed by atoms with van der Waals surface area (Å²) in [6.45, 7) is 1.85. The maximum Gasteiger partial charge on any atom is 0.257 e. The van der Waals surface area contributed by atoms with Crippen molar-refractivity contribution >= 4 is 17.5 Å². The fourth-order valence-electron chi connectivity index (χ4n) is 2.22. The molecule has 0 aliphatic rings. The first kappa shape index (κ1) is 19.2. The van der Waals surface area contributed by atoms with Gasteiger partial charge >= 0.3 is 0 Å². The van der Waals surface area contributed by atoms with Crippen molar-refractivity contribution in [3.8, 4) is 0 Å². The lowest BCUT2D eigenvalue weighted by Crippen LogP contribution is -2.43. The predicted octanol–water partition coefficient (Wildman–Crippen LogP) is 3.02. The monoisotopic (exact) mass is 355 g/mol. The van der Waals surface area contributed by atoms with E-state index in [4.69, 9.17) is 0 Å². The van der Waals surface area contributed by atoms with E-state index in [1.807, 2.05) is 36.4 Å². The highest BCUT2D eigenvalue weighted by Crippen LogP contribution is 2.11. The van der Waals surface area contributed by atoms with Gasteiger partial charge in [-0.25, -0.2) is 4.39 Å². The van der Waals surface area contributed by atoms with E-state index in [0.717, 1.165) is 30.2 Å². The van der Waals surface area contributed by atoms with Crippen LogP contribution in [0.15, 0.2) is 60.7 Å². The molecule has 0 heterocycles. The van der Waals surface area contributed by atoms with Gasteiger partial charge in [-0.1, -0.05) is 55.8 Å². The Morgan fingerprint density at radius 2 is 1.73 bits per heavy atom. The van der Waals surface area contributed by atoms with Crippen molar-refractivity contribution in [2.45, 2.75) is 19.8 Å². The Hall–Kier alpha value is -3.15. The van der Waals surface area contributed by atoms with Crippen LogP contribution in [0, 0.1) is 5.82 Å². The summed E-state index contributed by atoms with van der Waals surface area (Å²) in [6, 6.07) is 14.9. The fraction of sp³-hybridized carbons (Fsp3) is 0.200. The van der Waals surface area contributed by atoms with Crippen molar-refractivity contribution in [3.05, 3.63) is 77.6 Å². The van der Waals surface area contributed by atoms with Crippen LogP contribution >= 0.6 is 0 Å². The Balaban J connectivity index is 1.87. The number of carbonyl (C=O) groups is 2. The molecular weight excluding hydrogens is 333 g/mol. The second-order valence-electron chi connectivity index (χ2n) is 5.64. The average molecular weight is 355 g/mol. The van der Waals surface area contributed by atoms with Crippen LogP contribution in [-0.2, 0) is 4.79 Å². The molecule has 2 amide bonds. The van der Waals surface area contributed by atoms with Gasteiger partial charge < -0.3 is 5.32 Å². The van der Waals surface area contributed by atoms with E-state index in [-0.39, 0.29) is 12.1 Å². The Kier molecular flexibility index (Phi) is 7.36. The van der Waals surface area contributed by atoms with Crippen LogP contribution in [0.4, 0.5) is 4.39 Å². The quantitative estimate of drug-likeness (QED) is 0.638. The predicted molar refractivity (Wildman–Crippen MR) is 99.3 cm³/mol. The number of halogens is 1. The van der Waals surface area contributed by atoms with Gasteiger partial charge in [-0.15, -0.1) is 0 Å². The third-order valence-electron chi connectivity index (χ3n) is 3.55. The molecule has 2 aromatic carbocycles. The number of hydrogen-bond acceptors (Lipinski definition) is 3. The Morgan fingerprint density at radius 3 is 2.42 bits per heavy atom. The van der Waals surface area contributed by atoms with E-state index in [0.29, 0.717) is 0 Å². The lowest BCUT2D eigenvalue weighted by Gasteiger charge is -2.13. The molecule has 6 heteroatoms. The molecule has 0 spiro atoms. The molecule has 2 rings (SSSR count). The minimum absolute atomic E-state index is 0.165. The number of carbonyl (C=O) groups excluding carboxylic acids is 2. The van der Waals surface area contributed by atoms with Gasteiger partial charge in [0.25, 0.3) is 11.8 Å². The van der Waals surface area contributed by atoms with Crippen molar-refractivity contribution in [2.75, 3.05) is 6.54 Å². The van der Waals surface area contributed by atoms with Crippen LogP contribution in [0.5, 0.6) is 0 Å². The fourth-order valence-corrected chi connectivity index (χ4v) is 2.22. The van der Waals surface area contributed by atoms with Gasteiger partial charge in [0.05, 0.1) is 12.2 Å². The average Bonchev–Trinajstić information content (AvgIpc) is 2.67.